The lowest BCUT2D eigenvalue weighted by Gasteiger charge is -2.37. The van der Waals surface area contributed by atoms with Gasteiger partial charge in [-0.2, -0.15) is 13.2 Å². The van der Waals surface area contributed by atoms with Crippen LogP contribution in [0, 0.1) is 11.6 Å². The Bertz CT molecular complexity index is 564. The van der Waals surface area contributed by atoms with Crippen molar-refractivity contribution in [1.29, 1.82) is 0 Å². The third-order valence-electron chi connectivity index (χ3n) is 3.46. The molecule has 0 amide bonds. The Hall–Kier alpha value is -1.35. The minimum absolute atomic E-state index is 0.185. The summed E-state index contributed by atoms with van der Waals surface area (Å²) >= 11 is 0. The van der Waals surface area contributed by atoms with Crippen LogP contribution in [-0.4, -0.2) is 28.9 Å². The smallest absolute Gasteiger partial charge is 0.419 e. The second-order valence-corrected chi connectivity index (χ2v) is 5.79. The quantitative estimate of drug-likeness (QED) is 0.661. The molecule has 0 aliphatic rings. The molecular formula is C13H15BF5O3. The van der Waals surface area contributed by atoms with Crippen molar-refractivity contribution in [2.45, 2.75) is 45.1 Å². The number of aromatic hydroxyl groups is 1. The number of hydrogen-bond acceptors (Lipinski definition) is 3. The van der Waals surface area contributed by atoms with Crippen molar-refractivity contribution in [3.8, 4) is 5.75 Å². The third kappa shape index (κ3) is 3.70. The van der Waals surface area contributed by atoms with Crippen LogP contribution in [0.25, 0.3) is 0 Å². The van der Waals surface area contributed by atoms with Gasteiger partial charge in [-0.05, 0) is 39.2 Å². The number of phenolic OH excluding ortho intramolecular Hbond substituents is 1. The Labute approximate surface area is 125 Å². The van der Waals surface area contributed by atoms with E-state index in [4.69, 9.17) is 9.76 Å². The van der Waals surface area contributed by atoms with Crippen molar-refractivity contribution in [3.05, 3.63) is 23.3 Å². The van der Waals surface area contributed by atoms with Crippen molar-refractivity contribution < 1.29 is 36.8 Å². The van der Waals surface area contributed by atoms with E-state index in [9.17, 15) is 27.1 Å². The highest BCUT2D eigenvalue weighted by Crippen LogP contribution is 2.35. The highest BCUT2D eigenvalue weighted by molar-refractivity contribution is 6.47. The summed E-state index contributed by atoms with van der Waals surface area (Å²) in [6.07, 6.45) is -5.11. The number of phenols is 1. The summed E-state index contributed by atoms with van der Waals surface area (Å²) in [5.41, 5.74) is -5.28. The van der Waals surface area contributed by atoms with Gasteiger partial charge in [-0.15, -0.1) is 0 Å². The Kier molecular flexibility index (Phi) is 4.84. The van der Waals surface area contributed by atoms with Crippen molar-refractivity contribution >= 4 is 12.9 Å². The van der Waals surface area contributed by atoms with Gasteiger partial charge in [0, 0.05) is 0 Å². The zero-order chi connectivity index (χ0) is 17.5. The van der Waals surface area contributed by atoms with Crippen molar-refractivity contribution in [2.24, 2.45) is 0 Å². The summed E-state index contributed by atoms with van der Waals surface area (Å²) in [6, 6.07) is 0.185. The van der Waals surface area contributed by atoms with E-state index >= 15 is 0 Å². The molecule has 1 aromatic carbocycles. The van der Waals surface area contributed by atoms with Crippen molar-refractivity contribution in [1.82, 2.24) is 0 Å². The molecule has 0 heterocycles. The van der Waals surface area contributed by atoms with Crippen LogP contribution < -0.4 is 5.46 Å². The maximum atomic E-state index is 13.7. The molecular weight excluding hydrogens is 310 g/mol. The molecule has 0 bridgehead atoms. The van der Waals surface area contributed by atoms with Crippen LogP contribution in [0.1, 0.15) is 33.3 Å². The molecule has 1 rings (SSSR count). The maximum Gasteiger partial charge on any atom is 0.419 e. The molecule has 0 aliphatic carbocycles. The van der Waals surface area contributed by atoms with Gasteiger partial charge in [0.05, 0.1) is 16.8 Å². The first-order valence-electron chi connectivity index (χ1n) is 6.20. The fraction of sp³-hybridized carbons (Fsp3) is 0.538. The molecule has 0 spiro atoms. The molecule has 1 aromatic rings. The predicted molar refractivity (Wildman–Crippen MR) is 69.9 cm³/mol. The lowest BCUT2D eigenvalue weighted by molar-refractivity contribution is -0.140. The summed E-state index contributed by atoms with van der Waals surface area (Å²) < 4.78 is 70.0. The standard InChI is InChI=1S/C13H15BF5O3/c1-11(2,21)12(3,4)22-14-7-5-6(13(17,18)19)8(15)10(20)9(7)16/h5,20-21H,1-4H3. The van der Waals surface area contributed by atoms with Crippen LogP contribution in [0.5, 0.6) is 5.75 Å². The molecule has 0 unspecified atom stereocenters. The van der Waals surface area contributed by atoms with E-state index in [1.54, 1.807) is 0 Å². The minimum atomic E-state index is -5.11. The minimum Gasteiger partial charge on any atom is -0.503 e. The van der Waals surface area contributed by atoms with Gasteiger partial charge in [-0.25, -0.2) is 8.78 Å². The SMILES string of the molecule is CC(C)(O)C(C)(C)O[B]c1cc(C(F)(F)F)c(F)c(O)c1F. The molecule has 0 aliphatic heterocycles. The molecule has 0 fully saturated rings. The number of benzene rings is 1. The molecule has 123 valence electrons. The van der Waals surface area contributed by atoms with Crippen LogP contribution in [0.3, 0.4) is 0 Å². The molecule has 0 saturated heterocycles. The van der Waals surface area contributed by atoms with E-state index in [-0.39, 0.29) is 6.07 Å². The average molecular weight is 325 g/mol. The first-order chi connectivity index (χ1) is 9.68. The first kappa shape index (κ1) is 18.7. The van der Waals surface area contributed by atoms with Crippen LogP contribution in [-0.2, 0) is 10.8 Å². The van der Waals surface area contributed by atoms with E-state index in [2.05, 4.69) is 0 Å². The first-order valence-corrected chi connectivity index (χ1v) is 6.20. The number of aliphatic hydroxyl groups is 1. The van der Waals surface area contributed by atoms with Gasteiger partial charge in [0.2, 0.25) is 0 Å². The fourth-order valence-corrected chi connectivity index (χ4v) is 1.29. The van der Waals surface area contributed by atoms with Crippen LogP contribution >= 0.6 is 0 Å². The van der Waals surface area contributed by atoms with Gasteiger partial charge in [-0.1, -0.05) is 0 Å². The van der Waals surface area contributed by atoms with Crippen molar-refractivity contribution in [3.63, 3.8) is 0 Å². The van der Waals surface area contributed by atoms with Crippen LogP contribution in [0.15, 0.2) is 6.07 Å². The molecule has 2 N–H and O–H groups in total. The zero-order valence-electron chi connectivity index (χ0n) is 12.3. The number of hydrogen-bond donors (Lipinski definition) is 2. The second kappa shape index (κ2) is 5.70. The molecule has 1 radical (unpaired) electrons. The van der Waals surface area contributed by atoms with Crippen molar-refractivity contribution in [2.75, 3.05) is 0 Å². The summed E-state index contributed by atoms with van der Waals surface area (Å²) in [7, 11) is 0.599. The van der Waals surface area contributed by atoms with Crippen LogP contribution in [0.2, 0.25) is 0 Å². The number of rotatable bonds is 4. The van der Waals surface area contributed by atoms with Gasteiger partial charge in [0.25, 0.3) is 0 Å². The summed E-state index contributed by atoms with van der Waals surface area (Å²) in [5.74, 6) is -5.42. The summed E-state index contributed by atoms with van der Waals surface area (Å²) in [5, 5.41) is 19.0. The maximum absolute atomic E-state index is 13.7. The van der Waals surface area contributed by atoms with Gasteiger partial charge < -0.3 is 14.9 Å². The summed E-state index contributed by atoms with van der Waals surface area (Å²) in [6.45, 7) is 5.63. The summed E-state index contributed by atoms with van der Waals surface area (Å²) in [4.78, 5) is 0. The topological polar surface area (TPSA) is 49.7 Å². The molecule has 0 atom stereocenters. The number of alkyl halides is 3. The Morgan fingerprint density at radius 2 is 1.55 bits per heavy atom. The lowest BCUT2D eigenvalue weighted by Crippen LogP contribution is -2.49. The lowest BCUT2D eigenvalue weighted by atomic mass is 9.81. The van der Waals surface area contributed by atoms with Gasteiger partial charge in [0.1, 0.15) is 0 Å². The van der Waals surface area contributed by atoms with Gasteiger partial charge >= 0.3 is 13.7 Å². The van der Waals surface area contributed by atoms with Crippen LogP contribution in [0.4, 0.5) is 22.0 Å². The van der Waals surface area contributed by atoms with Gasteiger partial charge in [-0.3, -0.25) is 0 Å². The molecule has 9 heteroatoms. The Balaban J connectivity index is 3.19. The van der Waals surface area contributed by atoms with E-state index in [1.807, 2.05) is 0 Å². The predicted octanol–water partition coefficient (Wildman–Crippen LogP) is 2.50. The van der Waals surface area contributed by atoms with E-state index in [0.717, 1.165) is 0 Å². The molecule has 0 aromatic heterocycles. The molecule has 0 saturated carbocycles. The fourth-order valence-electron chi connectivity index (χ4n) is 1.29. The third-order valence-corrected chi connectivity index (χ3v) is 3.46. The normalized spacial score (nSPS) is 13.4. The largest absolute Gasteiger partial charge is 0.503 e. The molecule has 3 nitrogen and oxygen atoms in total. The average Bonchev–Trinajstić information content (AvgIpc) is 2.32. The van der Waals surface area contributed by atoms with E-state index < -0.39 is 45.8 Å². The monoisotopic (exact) mass is 325 g/mol. The van der Waals surface area contributed by atoms with E-state index in [1.165, 1.54) is 27.7 Å². The Morgan fingerprint density at radius 1 is 1.05 bits per heavy atom. The second-order valence-electron chi connectivity index (χ2n) is 5.79. The Morgan fingerprint density at radius 3 is 1.95 bits per heavy atom. The number of halogens is 5. The molecule has 22 heavy (non-hydrogen) atoms. The highest BCUT2D eigenvalue weighted by atomic mass is 19.4. The van der Waals surface area contributed by atoms with Gasteiger partial charge in [0.15, 0.2) is 17.4 Å². The highest BCUT2D eigenvalue weighted by Gasteiger charge is 2.39. The van der Waals surface area contributed by atoms with E-state index in [0.29, 0.717) is 7.48 Å². The zero-order valence-corrected chi connectivity index (χ0v) is 12.3.